The number of fused-ring (bicyclic) bond motifs is 1. The van der Waals surface area contributed by atoms with Gasteiger partial charge in [-0.2, -0.15) is 8.78 Å². The molecule has 3 rings (SSSR count). The van der Waals surface area contributed by atoms with Crippen LogP contribution in [0.4, 0.5) is 13.2 Å². The summed E-state index contributed by atoms with van der Waals surface area (Å²) in [5.74, 6) is -0.309. The molecule has 0 aliphatic heterocycles. The molecule has 3 aromatic rings. The van der Waals surface area contributed by atoms with E-state index < -0.39 is 12.4 Å². The largest absolute Gasteiger partial charge is 0.497 e. The van der Waals surface area contributed by atoms with Gasteiger partial charge in [0.25, 0.3) is 0 Å². The number of aryl methyl sites for hydroxylation is 1. The smallest absolute Gasteiger partial charge is 0.387 e. The zero-order valence-electron chi connectivity index (χ0n) is 14.8. The molecule has 2 nitrogen and oxygen atoms in total. The molecule has 5 heteroatoms. The van der Waals surface area contributed by atoms with Crippen LogP contribution in [0, 0.1) is 5.82 Å². The molecule has 0 atom stereocenters. The normalized spacial score (nSPS) is 11.0. The molecule has 0 aromatic heterocycles. The molecule has 140 valence electrons. The van der Waals surface area contributed by atoms with Gasteiger partial charge >= 0.3 is 6.61 Å². The van der Waals surface area contributed by atoms with Crippen LogP contribution in [0.2, 0.25) is 0 Å². The highest BCUT2D eigenvalue weighted by Crippen LogP contribution is 2.39. The van der Waals surface area contributed by atoms with Gasteiger partial charge in [0.2, 0.25) is 0 Å². The fourth-order valence-corrected chi connectivity index (χ4v) is 3.01. The van der Waals surface area contributed by atoms with Crippen LogP contribution < -0.4 is 9.47 Å². The summed E-state index contributed by atoms with van der Waals surface area (Å²) in [5.41, 5.74) is 1.55. The number of allylic oxidation sites excluding steroid dienone is 1. The number of alkyl halides is 2. The Balaban J connectivity index is 2.14. The lowest BCUT2D eigenvalue weighted by molar-refractivity contribution is -0.0494. The van der Waals surface area contributed by atoms with Crippen molar-refractivity contribution in [1.29, 1.82) is 0 Å². The molecule has 0 heterocycles. The molecule has 0 spiro atoms. The van der Waals surface area contributed by atoms with E-state index >= 15 is 4.39 Å². The predicted molar refractivity (Wildman–Crippen MR) is 101 cm³/mol. The van der Waals surface area contributed by atoms with Crippen molar-refractivity contribution in [3.8, 4) is 22.6 Å². The highest BCUT2D eigenvalue weighted by Gasteiger charge is 2.19. The number of hydrogen-bond acceptors (Lipinski definition) is 2. The van der Waals surface area contributed by atoms with Crippen LogP contribution in [0.1, 0.15) is 12.0 Å². The quantitative estimate of drug-likeness (QED) is 0.448. The van der Waals surface area contributed by atoms with Gasteiger partial charge in [-0.15, -0.1) is 6.58 Å². The third-order valence-corrected chi connectivity index (χ3v) is 4.34. The molecule has 0 unspecified atom stereocenters. The second-order valence-electron chi connectivity index (χ2n) is 6.05. The molecule has 0 radical (unpaired) electrons. The predicted octanol–water partition coefficient (Wildman–Crippen LogP) is 6.37. The van der Waals surface area contributed by atoms with E-state index in [-0.39, 0.29) is 11.3 Å². The zero-order chi connectivity index (χ0) is 19.4. The fraction of sp³-hybridized carbons (Fsp3) is 0.182. The van der Waals surface area contributed by atoms with Crippen LogP contribution >= 0.6 is 0 Å². The minimum absolute atomic E-state index is 0.0169. The summed E-state index contributed by atoms with van der Waals surface area (Å²) in [6.45, 7) is 0.629. The Morgan fingerprint density at radius 2 is 1.81 bits per heavy atom. The third-order valence-electron chi connectivity index (χ3n) is 4.34. The Hall–Kier alpha value is -2.95. The highest BCUT2D eigenvalue weighted by molar-refractivity contribution is 5.92. The summed E-state index contributed by atoms with van der Waals surface area (Å²) < 4.78 is 50.8. The van der Waals surface area contributed by atoms with Gasteiger partial charge in [-0.05, 0) is 53.6 Å². The van der Waals surface area contributed by atoms with E-state index in [1.807, 2.05) is 18.2 Å². The number of benzene rings is 3. The Morgan fingerprint density at radius 1 is 1.07 bits per heavy atom. The Bertz CT molecular complexity index is 950. The van der Waals surface area contributed by atoms with E-state index in [2.05, 4.69) is 11.3 Å². The van der Waals surface area contributed by atoms with Crippen molar-refractivity contribution < 1.29 is 22.6 Å². The van der Waals surface area contributed by atoms with Crippen molar-refractivity contribution in [3.63, 3.8) is 0 Å². The Kier molecular flexibility index (Phi) is 5.69. The van der Waals surface area contributed by atoms with Crippen LogP contribution in [0.5, 0.6) is 11.5 Å². The minimum Gasteiger partial charge on any atom is -0.497 e. The minimum atomic E-state index is -3.06. The van der Waals surface area contributed by atoms with E-state index in [9.17, 15) is 8.78 Å². The number of methoxy groups -OCH3 is 1. The first kappa shape index (κ1) is 18.8. The van der Waals surface area contributed by atoms with Crippen molar-refractivity contribution in [2.75, 3.05) is 7.11 Å². The van der Waals surface area contributed by atoms with Gasteiger partial charge in [0.1, 0.15) is 17.3 Å². The molecule has 0 bridgehead atoms. The lowest BCUT2D eigenvalue weighted by Gasteiger charge is -2.15. The molecule has 0 fully saturated rings. The van der Waals surface area contributed by atoms with Crippen LogP contribution in [0.15, 0.2) is 61.2 Å². The lowest BCUT2D eigenvalue weighted by atomic mass is 9.97. The first-order valence-corrected chi connectivity index (χ1v) is 8.48. The summed E-state index contributed by atoms with van der Waals surface area (Å²) >= 11 is 0. The van der Waals surface area contributed by atoms with Gasteiger partial charge in [-0.25, -0.2) is 4.39 Å². The van der Waals surface area contributed by atoms with E-state index in [1.165, 1.54) is 13.2 Å². The van der Waals surface area contributed by atoms with E-state index in [4.69, 9.17) is 4.74 Å². The molecule has 0 aliphatic rings. The van der Waals surface area contributed by atoms with Gasteiger partial charge in [-0.3, -0.25) is 0 Å². The third kappa shape index (κ3) is 4.08. The maximum absolute atomic E-state index is 15.2. The Labute approximate surface area is 155 Å². The molecule has 3 aromatic carbocycles. The SMILES string of the molecule is C=CCCc1ccc(-c2c(OC(F)F)cc3cc(OC)ccc3c2F)cc1. The summed E-state index contributed by atoms with van der Waals surface area (Å²) in [7, 11) is 1.48. The van der Waals surface area contributed by atoms with Crippen LogP contribution in [0.25, 0.3) is 21.9 Å². The first-order chi connectivity index (χ1) is 13.0. The number of hydrogen-bond donors (Lipinski definition) is 0. The average Bonchev–Trinajstić information content (AvgIpc) is 2.66. The van der Waals surface area contributed by atoms with Crippen LogP contribution in [0.3, 0.4) is 0 Å². The summed E-state index contributed by atoms with van der Waals surface area (Å²) in [6, 6.07) is 13.3. The van der Waals surface area contributed by atoms with Crippen LogP contribution in [-0.4, -0.2) is 13.7 Å². The van der Waals surface area contributed by atoms with Gasteiger partial charge in [-0.1, -0.05) is 30.3 Å². The summed E-state index contributed by atoms with van der Waals surface area (Å²) in [5, 5.41) is 0.733. The maximum atomic E-state index is 15.2. The van der Waals surface area contributed by atoms with Crippen molar-refractivity contribution in [2.24, 2.45) is 0 Å². The molecular weight excluding hydrogens is 353 g/mol. The van der Waals surface area contributed by atoms with E-state index in [0.717, 1.165) is 18.4 Å². The maximum Gasteiger partial charge on any atom is 0.387 e. The van der Waals surface area contributed by atoms with E-state index in [1.54, 1.807) is 30.3 Å². The zero-order valence-corrected chi connectivity index (χ0v) is 14.8. The van der Waals surface area contributed by atoms with Crippen molar-refractivity contribution in [1.82, 2.24) is 0 Å². The molecule has 0 amide bonds. The molecule has 0 saturated heterocycles. The number of rotatable bonds is 7. The summed E-state index contributed by atoms with van der Waals surface area (Å²) in [4.78, 5) is 0. The highest BCUT2D eigenvalue weighted by atomic mass is 19.3. The summed E-state index contributed by atoms with van der Waals surface area (Å²) in [6.07, 6.45) is 3.45. The van der Waals surface area contributed by atoms with Crippen molar-refractivity contribution >= 4 is 10.8 Å². The number of ether oxygens (including phenoxy) is 2. The monoisotopic (exact) mass is 372 g/mol. The van der Waals surface area contributed by atoms with Crippen LogP contribution in [-0.2, 0) is 6.42 Å². The second kappa shape index (κ2) is 8.16. The average molecular weight is 372 g/mol. The molecular formula is C22H19F3O2. The van der Waals surface area contributed by atoms with Crippen molar-refractivity contribution in [3.05, 3.63) is 72.6 Å². The standard InChI is InChI=1S/C22H19F3O2/c1-3-4-5-14-6-8-15(9-7-14)20-19(27-22(24)25)13-16-12-17(26-2)10-11-18(16)21(20)23/h3,6-13,22H,1,4-5H2,2H3. The topological polar surface area (TPSA) is 18.5 Å². The van der Waals surface area contributed by atoms with Crippen molar-refractivity contribution in [2.45, 2.75) is 19.5 Å². The van der Waals surface area contributed by atoms with Gasteiger partial charge in [0.15, 0.2) is 0 Å². The lowest BCUT2D eigenvalue weighted by Crippen LogP contribution is -2.05. The molecule has 0 saturated carbocycles. The second-order valence-corrected chi connectivity index (χ2v) is 6.05. The number of halogens is 3. The molecule has 0 N–H and O–H groups in total. The Morgan fingerprint density at radius 3 is 2.44 bits per heavy atom. The molecule has 27 heavy (non-hydrogen) atoms. The molecule has 0 aliphatic carbocycles. The van der Waals surface area contributed by atoms with Gasteiger partial charge in [0, 0.05) is 5.39 Å². The first-order valence-electron chi connectivity index (χ1n) is 8.48. The fourth-order valence-electron chi connectivity index (χ4n) is 3.01. The van der Waals surface area contributed by atoms with Gasteiger partial charge in [0.05, 0.1) is 12.7 Å². The van der Waals surface area contributed by atoms with Gasteiger partial charge < -0.3 is 9.47 Å². The van der Waals surface area contributed by atoms with E-state index in [0.29, 0.717) is 22.1 Å².